The minimum atomic E-state index is -0.532. The van der Waals surface area contributed by atoms with Crippen LogP contribution in [0.1, 0.15) is 106 Å². The molecule has 1 saturated heterocycles. The summed E-state index contributed by atoms with van der Waals surface area (Å²) in [5.74, 6) is 4.19. The smallest absolute Gasteiger partial charge is 0.0613 e. The van der Waals surface area contributed by atoms with Gasteiger partial charge in [-0.15, -0.1) is 0 Å². The molecular formula is C31H52O3. The van der Waals surface area contributed by atoms with Crippen LogP contribution in [0.15, 0.2) is 11.6 Å². The summed E-state index contributed by atoms with van der Waals surface area (Å²) in [5.41, 5.74) is 2.36. The minimum Gasteiger partial charge on any atom is -0.390 e. The van der Waals surface area contributed by atoms with Crippen LogP contribution in [0.3, 0.4) is 0 Å². The predicted octanol–water partition coefficient (Wildman–Crippen LogP) is 7.17. The standard InChI is InChI=1S/C31H52O3/c1-21(11-14-28(2,3)32)25-9-10-26-24-8-7-22-17-23(34-20-29(4)18-33-19-29)12-15-30(22,5)27(24)13-16-31(25,26)6/h7,21,23-27,32H,8-20H2,1-6H3/t21-,23+,24+,25-,26+,27+,30+,31-/m1/s1. The van der Waals surface area contributed by atoms with Crippen molar-refractivity contribution in [1.82, 2.24) is 0 Å². The first-order valence-corrected chi connectivity index (χ1v) is 14.5. The highest BCUT2D eigenvalue weighted by atomic mass is 16.5. The first-order chi connectivity index (χ1) is 15.9. The van der Waals surface area contributed by atoms with Crippen LogP contribution in [0.25, 0.3) is 0 Å². The number of rotatable bonds is 7. The van der Waals surface area contributed by atoms with Gasteiger partial charge in [0.05, 0.1) is 31.5 Å². The Balaban J connectivity index is 1.25. The van der Waals surface area contributed by atoms with Gasteiger partial charge in [-0.25, -0.2) is 0 Å². The Hall–Kier alpha value is -0.380. The molecule has 3 nitrogen and oxygen atoms in total. The van der Waals surface area contributed by atoms with Crippen molar-refractivity contribution < 1.29 is 14.6 Å². The zero-order valence-corrected chi connectivity index (χ0v) is 23.0. The quantitative estimate of drug-likeness (QED) is 0.399. The highest BCUT2D eigenvalue weighted by Crippen LogP contribution is 2.67. The van der Waals surface area contributed by atoms with Crippen molar-refractivity contribution in [3.8, 4) is 0 Å². The van der Waals surface area contributed by atoms with Crippen molar-refractivity contribution in [2.75, 3.05) is 19.8 Å². The summed E-state index contributed by atoms with van der Waals surface area (Å²) >= 11 is 0. The fourth-order valence-corrected chi connectivity index (χ4v) is 9.38. The van der Waals surface area contributed by atoms with Gasteiger partial charge < -0.3 is 14.6 Å². The first kappa shape index (κ1) is 25.3. The van der Waals surface area contributed by atoms with E-state index in [-0.39, 0.29) is 5.41 Å². The first-order valence-electron chi connectivity index (χ1n) is 14.5. The third kappa shape index (κ3) is 4.45. The lowest BCUT2D eigenvalue weighted by Gasteiger charge is -2.58. The van der Waals surface area contributed by atoms with E-state index < -0.39 is 5.60 Å². The average molecular weight is 473 g/mol. The second-order valence-corrected chi connectivity index (χ2v) is 14.8. The Kier molecular flexibility index (Phi) is 6.60. The maximum atomic E-state index is 10.3. The molecule has 4 fully saturated rings. The van der Waals surface area contributed by atoms with Gasteiger partial charge in [0.25, 0.3) is 0 Å². The number of hydrogen-bond donors (Lipinski definition) is 1. The van der Waals surface area contributed by atoms with E-state index in [9.17, 15) is 5.11 Å². The van der Waals surface area contributed by atoms with E-state index >= 15 is 0 Å². The molecule has 0 amide bonds. The highest BCUT2D eigenvalue weighted by molar-refractivity contribution is 5.25. The van der Waals surface area contributed by atoms with Crippen molar-refractivity contribution in [3.05, 3.63) is 11.6 Å². The Labute approximate surface area is 209 Å². The SMILES string of the molecule is C[C@H](CCC(C)(C)O)[C@H]1CC[C@H]2[C@@H]3CC=C4C[C@@H](OCC5(C)COC5)CC[C@]4(C)[C@H]3CC[C@]12C. The molecule has 0 aromatic carbocycles. The lowest BCUT2D eigenvalue weighted by molar-refractivity contribution is -0.153. The summed E-state index contributed by atoms with van der Waals surface area (Å²) in [6, 6.07) is 0. The van der Waals surface area contributed by atoms with E-state index in [1.54, 1.807) is 5.57 Å². The summed E-state index contributed by atoms with van der Waals surface area (Å²) in [6.45, 7) is 16.6. The van der Waals surface area contributed by atoms with Crippen LogP contribution in [-0.2, 0) is 9.47 Å². The second-order valence-electron chi connectivity index (χ2n) is 14.8. The van der Waals surface area contributed by atoms with Gasteiger partial charge in [0.2, 0.25) is 0 Å². The van der Waals surface area contributed by atoms with Gasteiger partial charge >= 0.3 is 0 Å². The maximum Gasteiger partial charge on any atom is 0.0613 e. The molecule has 0 aromatic rings. The fourth-order valence-electron chi connectivity index (χ4n) is 9.38. The van der Waals surface area contributed by atoms with E-state index in [1.165, 1.54) is 51.4 Å². The molecule has 1 N–H and O–H groups in total. The van der Waals surface area contributed by atoms with Crippen LogP contribution in [0.4, 0.5) is 0 Å². The van der Waals surface area contributed by atoms with Crippen molar-refractivity contribution in [2.45, 2.75) is 117 Å². The molecule has 0 aromatic heterocycles. The summed E-state index contributed by atoms with van der Waals surface area (Å²) in [4.78, 5) is 0. The molecule has 3 saturated carbocycles. The molecule has 1 heterocycles. The zero-order chi connectivity index (χ0) is 24.4. The van der Waals surface area contributed by atoms with Crippen molar-refractivity contribution in [2.24, 2.45) is 45.8 Å². The molecule has 5 aliphatic rings. The highest BCUT2D eigenvalue weighted by Gasteiger charge is 2.59. The second kappa shape index (κ2) is 8.88. The number of fused-ring (bicyclic) bond motifs is 5. The van der Waals surface area contributed by atoms with Gasteiger partial charge in [0.1, 0.15) is 0 Å². The molecular weight excluding hydrogens is 420 g/mol. The molecule has 0 spiro atoms. The van der Waals surface area contributed by atoms with Crippen LogP contribution >= 0.6 is 0 Å². The van der Waals surface area contributed by atoms with Gasteiger partial charge in [-0.2, -0.15) is 0 Å². The summed E-state index contributed by atoms with van der Waals surface area (Å²) < 4.78 is 11.9. The third-order valence-corrected chi connectivity index (χ3v) is 11.6. The molecule has 5 rings (SSSR count). The van der Waals surface area contributed by atoms with Gasteiger partial charge in [0.15, 0.2) is 0 Å². The molecule has 0 radical (unpaired) electrons. The van der Waals surface area contributed by atoms with Crippen LogP contribution in [0, 0.1) is 45.8 Å². The van der Waals surface area contributed by atoms with E-state index in [1.807, 2.05) is 13.8 Å². The lowest BCUT2D eigenvalue weighted by atomic mass is 9.47. The predicted molar refractivity (Wildman–Crippen MR) is 139 cm³/mol. The number of hydrogen-bond acceptors (Lipinski definition) is 3. The number of allylic oxidation sites excluding steroid dienone is 1. The molecule has 194 valence electrons. The molecule has 3 heteroatoms. The Morgan fingerprint density at radius 1 is 1.09 bits per heavy atom. The molecule has 1 aliphatic heterocycles. The molecule has 4 aliphatic carbocycles. The lowest BCUT2D eigenvalue weighted by Crippen LogP contribution is -2.51. The molecule has 34 heavy (non-hydrogen) atoms. The van der Waals surface area contributed by atoms with Crippen LogP contribution in [0.5, 0.6) is 0 Å². The molecule has 0 bridgehead atoms. The zero-order valence-electron chi connectivity index (χ0n) is 23.0. The normalized spacial score (nSPS) is 44.3. The van der Waals surface area contributed by atoms with Gasteiger partial charge in [0, 0.05) is 5.41 Å². The largest absolute Gasteiger partial charge is 0.390 e. The van der Waals surface area contributed by atoms with Gasteiger partial charge in [-0.05, 0) is 118 Å². The van der Waals surface area contributed by atoms with E-state index in [0.717, 1.165) is 62.3 Å². The Morgan fingerprint density at radius 3 is 2.53 bits per heavy atom. The third-order valence-electron chi connectivity index (χ3n) is 11.6. The van der Waals surface area contributed by atoms with Gasteiger partial charge in [-0.3, -0.25) is 0 Å². The van der Waals surface area contributed by atoms with Crippen LogP contribution in [-0.4, -0.2) is 36.6 Å². The Bertz CT molecular complexity index is 776. The number of aliphatic hydroxyl groups is 1. The summed E-state index contributed by atoms with van der Waals surface area (Å²) in [6.07, 6.45) is 15.9. The minimum absolute atomic E-state index is 0.254. The average Bonchev–Trinajstić information content (AvgIpc) is 3.11. The monoisotopic (exact) mass is 472 g/mol. The van der Waals surface area contributed by atoms with Crippen molar-refractivity contribution >= 4 is 0 Å². The van der Waals surface area contributed by atoms with Crippen molar-refractivity contribution in [1.29, 1.82) is 0 Å². The fraction of sp³-hybridized carbons (Fsp3) is 0.935. The van der Waals surface area contributed by atoms with Crippen LogP contribution < -0.4 is 0 Å². The topological polar surface area (TPSA) is 38.7 Å². The molecule has 8 atom stereocenters. The van der Waals surface area contributed by atoms with Gasteiger partial charge in [-0.1, -0.05) is 39.3 Å². The molecule has 0 unspecified atom stereocenters. The van der Waals surface area contributed by atoms with Crippen molar-refractivity contribution in [3.63, 3.8) is 0 Å². The van der Waals surface area contributed by atoms with E-state index in [2.05, 4.69) is 33.8 Å². The summed E-state index contributed by atoms with van der Waals surface area (Å²) in [7, 11) is 0. The summed E-state index contributed by atoms with van der Waals surface area (Å²) in [5, 5.41) is 10.3. The Morgan fingerprint density at radius 2 is 1.85 bits per heavy atom. The maximum absolute atomic E-state index is 10.3. The van der Waals surface area contributed by atoms with E-state index in [4.69, 9.17) is 9.47 Å². The van der Waals surface area contributed by atoms with E-state index in [0.29, 0.717) is 16.9 Å². The van der Waals surface area contributed by atoms with Crippen LogP contribution in [0.2, 0.25) is 0 Å². The number of ether oxygens (including phenoxy) is 2.